The van der Waals surface area contributed by atoms with Crippen LogP contribution in [0, 0.1) is 11.3 Å². The highest BCUT2D eigenvalue weighted by atomic mass is 32.2. The van der Waals surface area contributed by atoms with Crippen molar-refractivity contribution in [2.24, 2.45) is 11.3 Å². The van der Waals surface area contributed by atoms with E-state index in [1.807, 2.05) is 6.92 Å². The van der Waals surface area contributed by atoms with E-state index >= 15 is 0 Å². The van der Waals surface area contributed by atoms with Gasteiger partial charge in [-0.3, -0.25) is 9.35 Å². The van der Waals surface area contributed by atoms with Crippen molar-refractivity contribution in [3.8, 4) is 0 Å². The Labute approximate surface area is 169 Å². The molecular formula is C18H37NO8S. The van der Waals surface area contributed by atoms with E-state index in [1.165, 1.54) is 0 Å². The molecule has 0 aliphatic heterocycles. The first kappa shape index (κ1) is 29.0. The van der Waals surface area contributed by atoms with E-state index in [1.54, 1.807) is 0 Å². The Kier molecular flexibility index (Phi) is 12.8. The van der Waals surface area contributed by atoms with Crippen LogP contribution in [0.15, 0.2) is 0 Å². The van der Waals surface area contributed by atoms with Gasteiger partial charge in [0.15, 0.2) is 5.25 Å². The zero-order valence-electron chi connectivity index (χ0n) is 18.1. The number of rotatable bonds is 10. The van der Waals surface area contributed by atoms with Crippen LogP contribution in [-0.4, -0.2) is 80.7 Å². The second-order valence-electron chi connectivity index (χ2n) is 9.14. The quantitative estimate of drug-likeness (QED) is 0.283. The van der Waals surface area contributed by atoms with Gasteiger partial charge in [0.1, 0.15) is 6.54 Å². The molecule has 0 rings (SSSR count). The minimum absolute atomic E-state index is 0.0326. The fourth-order valence-corrected chi connectivity index (χ4v) is 3.02. The molecule has 2 unspecified atom stereocenters. The maximum absolute atomic E-state index is 11.5. The normalized spacial score (nSPS) is 14.5. The monoisotopic (exact) mass is 427 g/mol. The number of carboxylic acids is 1. The average molecular weight is 428 g/mol. The summed E-state index contributed by atoms with van der Waals surface area (Å²) in [6.07, 6.45) is 0.285. The fourth-order valence-electron chi connectivity index (χ4n) is 2.36. The standard InChI is InChI=1S/C13H24O7S.C5H14NO/c1-9(8-13(2,3)4)5-6-20-12(16)10(7-11(14)15)21(17,18)19;1-6(2,3)4-5-7/h9-10H,5-8H2,1-4H3,(H,14,15)(H,17,18,19);7H,4-5H2,1-3H3/q;+1/p-1. The number of aliphatic hydroxyl groups excluding tert-OH is 1. The van der Waals surface area contributed by atoms with Gasteiger partial charge in [0.05, 0.1) is 34.4 Å². The van der Waals surface area contributed by atoms with Crippen LogP contribution in [0.1, 0.15) is 47.0 Å². The van der Waals surface area contributed by atoms with Crippen LogP contribution in [0.2, 0.25) is 0 Å². The minimum atomic E-state index is -4.83. The van der Waals surface area contributed by atoms with Gasteiger partial charge in [-0.15, -0.1) is 0 Å². The Bertz CT molecular complexity index is 575. The Morgan fingerprint density at radius 1 is 1.18 bits per heavy atom. The lowest BCUT2D eigenvalue weighted by atomic mass is 9.84. The minimum Gasteiger partial charge on any atom is -0.550 e. The fraction of sp³-hybridized carbons (Fsp3) is 0.889. The van der Waals surface area contributed by atoms with Gasteiger partial charge in [0.25, 0.3) is 10.1 Å². The molecule has 0 aromatic carbocycles. The highest BCUT2D eigenvalue weighted by Crippen LogP contribution is 2.25. The second kappa shape index (κ2) is 12.4. The third-order valence-corrected chi connectivity index (χ3v) is 4.64. The highest BCUT2D eigenvalue weighted by molar-refractivity contribution is 7.87. The Balaban J connectivity index is 0. The van der Waals surface area contributed by atoms with Crippen LogP contribution in [0.4, 0.5) is 0 Å². The largest absolute Gasteiger partial charge is 0.550 e. The first-order chi connectivity index (χ1) is 12.4. The molecule has 10 heteroatoms. The predicted molar refractivity (Wildman–Crippen MR) is 104 cm³/mol. The summed E-state index contributed by atoms with van der Waals surface area (Å²) in [6.45, 7) is 9.27. The first-order valence-corrected chi connectivity index (χ1v) is 10.6. The topological polar surface area (TPSA) is 141 Å². The number of esters is 1. The van der Waals surface area contributed by atoms with Crippen molar-refractivity contribution in [3.63, 3.8) is 0 Å². The zero-order chi connectivity index (χ0) is 22.8. The molecule has 0 saturated heterocycles. The molecule has 168 valence electrons. The summed E-state index contributed by atoms with van der Waals surface area (Å²) in [6, 6.07) is 0. The van der Waals surface area contributed by atoms with Gasteiger partial charge >= 0.3 is 5.97 Å². The van der Waals surface area contributed by atoms with E-state index in [-0.39, 0.29) is 24.5 Å². The molecule has 28 heavy (non-hydrogen) atoms. The van der Waals surface area contributed by atoms with E-state index in [0.29, 0.717) is 6.42 Å². The molecule has 0 aromatic rings. The lowest BCUT2D eigenvalue weighted by Crippen LogP contribution is -2.38. The van der Waals surface area contributed by atoms with Gasteiger partial charge in [0.2, 0.25) is 0 Å². The molecule has 0 fully saturated rings. The van der Waals surface area contributed by atoms with Crippen molar-refractivity contribution in [2.45, 2.75) is 52.2 Å². The number of aliphatic carboxylic acids is 1. The smallest absolute Gasteiger partial charge is 0.327 e. The molecule has 0 spiro atoms. The SMILES string of the molecule is CC(CCOC(=O)C(CC(=O)[O-])S(=O)(=O)O)CC(C)(C)C.C[N+](C)(C)CCO. The van der Waals surface area contributed by atoms with Gasteiger partial charge in [0, 0.05) is 12.4 Å². The van der Waals surface area contributed by atoms with Crippen molar-refractivity contribution < 1.29 is 42.0 Å². The lowest BCUT2D eigenvalue weighted by Gasteiger charge is -2.23. The summed E-state index contributed by atoms with van der Waals surface area (Å²) in [5.74, 6) is -2.77. The maximum Gasteiger partial charge on any atom is 0.327 e. The first-order valence-electron chi connectivity index (χ1n) is 9.13. The Hall–Kier alpha value is -1.23. The zero-order valence-corrected chi connectivity index (χ0v) is 18.9. The van der Waals surface area contributed by atoms with Crippen molar-refractivity contribution in [2.75, 3.05) is 40.9 Å². The lowest BCUT2D eigenvalue weighted by molar-refractivity contribution is -0.870. The van der Waals surface area contributed by atoms with Crippen molar-refractivity contribution in [1.29, 1.82) is 0 Å². The molecule has 0 heterocycles. The van der Waals surface area contributed by atoms with Crippen LogP contribution >= 0.6 is 0 Å². The van der Waals surface area contributed by atoms with E-state index < -0.39 is 33.7 Å². The number of hydrogen-bond donors (Lipinski definition) is 2. The average Bonchev–Trinajstić information content (AvgIpc) is 2.40. The van der Waals surface area contributed by atoms with Crippen LogP contribution in [0.3, 0.4) is 0 Å². The Morgan fingerprint density at radius 3 is 1.96 bits per heavy atom. The number of hydrogen-bond acceptors (Lipinski definition) is 7. The second-order valence-corrected chi connectivity index (χ2v) is 10.7. The van der Waals surface area contributed by atoms with Gasteiger partial charge in [-0.25, -0.2) is 0 Å². The maximum atomic E-state index is 11.5. The summed E-state index contributed by atoms with van der Waals surface area (Å²) in [7, 11) is 1.32. The third kappa shape index (κ3) is 18.1. The summed E-state index contributed by atoms with van der Waals surface area (Å²) in [4.78, 5) is 21.9. The molecule has 0 saturated carbocycles. The van der Waals surface area contributed by atoms with Gasteiger partial charge < -0.3 is 24.2 Å². The van der Waals surface area contributed by atoms with Crippen LogP contribution in [0.25, 0.3) is 0 Å². The van der Waals surface area contributed by atoms with Crippen LogP contribution in [0.5, 0.6) is 0 Å². The van der Waals surface area contributed by atoms with Gasteiger partial charge in [-0.2, -0.15) is 8.42 Å². The number of carbonyl (C=O) groups is 2. The molecule has 9 nitrogen and oxygen atoms in total. The van der Waals surface area contributed by atoms with E-state index in [4.69, 9.17) is 14.4 Å². The summed E-state index contributed by atoms with van der Waals surface area (Å²) in [5.41, 5.74) is 0.120. The number of nitrogens with zero attached hydrogens (tertiary/aromatic N) is 1. The van der Waals surface area contributed by atoms with E-state index in [2.05, 4.69) is 41.9 Å². The molecular weight excluding hydrogens is 390 g/mol. The number of quaternary nitrogens is 1. The van der Waals surface area contributed by atoms with Gasteiger partial charge in [-0.05, 0) is 24.2 Å². The molecule has 2 N–H and O–H groups in total. The molecule has 0 aromatic heterocycles. The summed E-state index contributed by atoms with van der Waals surface area (Å²) in [5, 5.41) is 16.7. The summed E-state index contributed by atoms with van der Waals surface area (Å²) >= 11 is 0. The number of carboxylic acid groups (broad SMARTS) is 1. The summed E-state index contributed by atoms with van der Waals surface area (Å²) < 4.78 is 36.3. The number of likely N-dealkylation sites (N-methyl/N-ethyl adjacent to an activating group) is 1. The van der Waals surface area contributed by atoms with Crippen LogP contribution < -0.4 is 5.11 Å². The van der Waals surface area contributed by atoms with E-state index in [0.717, 1.165) is 17.4 Å². The molecule has 0 bridgehead atoms. The van der Waals surface area contributed by atoms with Crippen LogP contribution in [-0.2, 0) is 24.4 Å². The highest BCUT2D eigenvalue weighted by Gasteiger charge is 2.32. The number of ether oxygens (including phenoxy) is 1. The number of aliphatic hydroxyl groups is 1. The van der Waals surface area contributed by atoms with Crippen molar-refractivity contribution >= 4 is 22.1 Å². The third-order valence-electron chi connectivity index (χ3n) is 3.56. The van der Waals surface area contributed by atoms with Crippen molar-refractivity contribution in [3.05, 3.63) is 0 Å². The van der Waals surface area contributed by atoms with Gasteiger partial charge in [-0.1, -0.05) is 27.7 Å². The molecule has 0 aliphatic carbocycles. The molecule has 0 radical (unpaired) electrons. The molecule has 0 aliphatic rings. The molecule has 2 atom stereocenters. The number of carbonyl (C=O) groups excluding carboxylic acids is 2. The van der Waals surface area contributed by atoms with Crippen molar-refractivity contribution in [1.82, 2.24) is 0 Å². The molecule has 0 amide bonds. The predicted octanol–water partition coefficient (Wildman–Crippen LogP) is 0.0733. The van der Waals surface area contributed by atoms with E-state index in [9.17, 15) is 23.1 Å². The Morgan fingerprint density at radius 2 is 1.68 bits per heavy atom.